The van der Waals surface area contributed by atoms with Gasteiger partial charge in [0, 0.05) is 5.56 Å². The molecule has 23 heavy (non-hydrogen) atoms. The number of hydrogen-bond donors (Lipinski definition) is 4. The highest BCUT2D eigenvalue weighted by Crippen LogP contribution is 2.29. The molecule has 1 aromatic carbocycles. The van der Waals surface area contributed by atoms with Gasteiger partial charge in [0.05, 0.1) is 11.7 Å². The Labute approximate surface area is 129 Å². The molecule has 4 N–H and O–H groups in total. The maximum atomic E-state index is 12.5. The minimum atomic E-state index is -4.51. The number of alkyl halides is 3. The number of ether oxygens (including phenoxy) is 1. The van der Waals surface area contributed by atoms with Gasteiger partial charge in [-0.15, -0.1) is 0 Å². The predicted octanol–water partition coefficient (Wildman–Crippen LogP) is 0.263. The summed E-state index contributed by atoms with van der Waals surface area (Å²) < 4.78 is 42.6. The van der Waals surface area contributed by atoms with Gasteiger partial charge in [-0.2, -0.15) is 13.2 Å². The minimum Gasteiger partial charge on any atom is -0.388 e. The second-order valence-electron chi connectivity index (χ2n) is 5.28. The zero-order chi connectivity index (χ0) is 17.4. The number of rotatable bonds is 2. The van der Waals surface area contributed by atoms with Gasteiger partial charge in [0.15, 0.2) is 6.23 Å². The Morgan fingerprint density at radius 2 is 1.65 bits per heavy atom. The van der Waals surface area contributed by atoms with E-state index in [-0.39, 0.29) is 5.56 Å². The van der Waals surface area contributed by atoms with Crippen molar-refractivity contribution >= 4 is 5.91 Å². The molecular weight excluding hydrogens is 319 g/mol. The summed E-state index contributed by atoms with van der Waals surface area (Å²) in [6.45, 7) is 1.44. The molecule has 0 unspecified atom stereocenters. The van der Waals surface area contributed by atoms with Crippen LogP contribution in [0, 0.1) is 0 Å². The number of halogens is 3. The standard InChI is InChI=1S/C14H16F3NO5/c1-6-9(19)10(20)11(21)13(23-6)18-12(22)7-2-4-8(5-3-7)14(15,16)17/h2-6,9-11,13,19-21H,1H3,(H,18,22)/t6-,9+,10+,11-,13-/m0/s1. The molecule has 1 amide bonds. The molecule has 1 fully saturated rings. The molecule has 1 heterocycles. The van der Waals surface area contributed by atoms with Crippen LogP contribution in [0.5, 0.6) is 0 Å². The maximum Gasteiger partial charge on any atom is 0.416 e. The maximum absolute atomic E-state index is 12.5. The van der Waals surface area contributed by atoms with Gasteiger partial charge >= 0.3 is 6.18 Å². The largest absolute Gasteiger partial charge is 0.416 e. The lowest BCUT2D eigenvalue weighted by molar-refractivity contribution is -0.221. The van der Waals surface area contributed by atoms with Crippen molar-refractivity contribution in [2.24, 2.45) is 0 Å². The van der Waals surface area contributed by atoms with Gasteiger partial charge in [-0.25, -0.2) is 0 Å². The molecule has 9 heteroatoms. The third-order valence-corrected chi connectivity index (χ3v) is 3.60. The van der Waals surface area contributed by atoms with Gasteiger partial charge in [0.1, 0.15) is 18.3 Å². The van der Waals surface area contributed by atoms with Gasteiger partial charge in [0.2, 0.25) is 0 Å². The summed E-state index contributed by atoms with van der Waals surface area (Å²) in [5, 5.41) is 31.2. The van der Waals surface area contributed by atoms with Crippen LogP contribution >= 0.6 is 0 Å². The van der Waals surface area contributed by atoms with Crippen LogP contribution < -0.4 is 5.32 Å². The number of carbonyl (C=O) groups is 1. The van der Waals surface area contributed by atoms with Gasteiger partial charge in [0.25, 0.3) is 5.91 Å². The van der Waals surface area contributed by atoms with Crippen LogP contribution in [0.1, 0.15) is 22.8 Å². The first kappa shape index (κ1) is 17.7. The molecule has 0 saturated carbocycles. The summed E-state index contributed by atoms with van der Waals surface area (Å²) in [6, 6.07) is 3.49. The number of carbonyl (C=O) groups excluding carboxylic acids is 1. The van der Waals surface area contributed by atoms with Crippen LogP contribution in [0.4, 0.5) is 13.2 Å². The molecule has 1 aliphatic rings. The lowest BCUT2D eigenvalue weighted by Gasteiger charge is -2.39. The lowest BCUT2D eigenvalue weighted by Crippen LogP contribution is -2.61. The first-order valence-corrected chi connectivity index (χ1v) is 6.79. The third-order valence-electron chi connectivity index (χ3n) is 3.60. The van der Waals surface area contributed by atoms with E-state index in [4.69, 9.17) is 4.74 Å². The predicted molar refractivity (Wildman–Crippen MR) is 71.3 cm³/mol. The van der Waals surface area contributed by atoms with Crippen LogP contribution in [0.15, 0.2) is 24.3 Å². The summed E-state index contributed by atoms with van der Waals surface area (Å²) >= 11 is 0. The van der Waals surface area contributed by atoms with Crippen LogP contribution in [0.25, 0.3) is 0 Å². The summed E-state index contributed by atoms with van der Waals surface area (Å²) in [7, 11) is 0. The molecule has 6 nitrogen and oxygen atoms in total. The molecule has 2 rings (SSSR count). The Kier molecular flexibility index (Phi) is 4.95. The smallest absolute Gasteiger partial charge is 0.388 e. The minimum absolute atomic E-state index is 0.0675. The van der Waals surface area contributed by atoms with E-state index in [1.54, 1.807) is 0 Å². The van der Waals surface area contributed by atoms with Crippen LogP contribution in [0.3, 0.4) is 0 Å². The summed E-state index contributed by atoms with van der Waals surface area (Å²) in [5.41, 5.74) is -0.961. The van der Waals surface area contributed by atoms with Crippen molar-refractivity contribution in [3.05, 3.63) is 35.4 Å². The Morgan fingerprint density at radius 1 is 1.09 bits per heavy atom. The second-order valence-corrected chi connectivity index (χ2v) is 5.28. The summed E-state index contributed by atoms with van der Waals surface area (Å²) in [6.07, 6.45) is -11.0. The fraction of sp³-hybridized carbons (Fsp3) is 0.500. The number of aliphatic hydroxyl groups is 3. The van der Waals surface area contributed by atoms with Crippen LogP contribution in [0.2, 0.25) is 0 Å². The Bertz CT molecular complexity index is 563. The fourth-order valence-electron chi connectivity index (χ4n) is 2.19. The highest BCUT2D eigenvalue weighted by Gasteiger charge is 2.42. The Hall–Kier alpha value is -1.68. The molecule has 1 aromatic rings. The summed E-state index contributed by atoms with van der Waals surface area (Å²) in [5.74, 6) is -0.779. The molecule has 0 aliphatic carbocycles. The Morgan fingerprint density at radius 3 is 2.17 bits per heavy atom. The van der Waals surface area contributed by atoms with E-state index in [9.17, 15) is 33.3 Å². The molecule has 128 valence electrons. The number of aliphatic hydroxyl groups excluding tert-OH is 3. The fourth-order valence-corrected chi connectivity index (χ4v) is 2.19. The van der Waals surface area contributed by atoms with Crippen molar-refractivity contribution < 1.29 is 38.0 Å². The number of amides is 1. The second kappa shape index (κ2) is 6.44. The van der Waals surface area contributed by atoms with Crippen molar-refractivity contribution in [1.29, 1.82) is 0 Å². The molecule has 1 aliphatic heterocycles. The SMILES string of the molecule is C[C@@H]1O[C@H](NC(=O)c2ccc(C(F)(F)F)cc2)[C@@H](O)[C@H](O)[C@@H]1O. The van der Waals surface area contributed by atoms with Crippen LogP contribution in [-0.2, 0) is 10.9 Å². The van der Waals surface area contributed by atoms with Crippen molar-refractivity contribution in [1.82, 2.24) is 5.32 Å². The quantitative estimate of drug-likeness (QED) is 0.622. The third kappa shape index (κ3) is 3.81. The zero-order valence-corrected chi connectivity index (χ0v) is 12.0. The van der Waals surface area contributed by atoms with Crippen molar-refractivity contribution in [3.8, 4) is 0 Å². The average molecular weight is 335 g/mol. The average Bonchev–Trinajstić information content (AvgIpc) is 2.49. The van der Waals surface area contributed by atoms with Crippen molar-refractivity contribution in [2.45, 2.75) is 43.7 Å². The van der Waals surface area contributed by atoms with E-state index in [1.807, 2.05) is 0 Å². The number of nitrogens with one attached hydrogen (secondary N) is 1. The van der Waals surface area contributed by atoms with E-state index in [2.05, 4.69) is 5.32 Å². The van der Waals surface area contributed by atoms with E-state index >= 15 is 0 Å². The number of hydrogen-bond acceptors (Lipinski definition) is 5. The molecule has 0 aromatic heterocycles. The van der Waals surface area contributed by atoms with E-state index in [1.165, 1.54) is 6.92 Å². The van der Waals surface area contributed by atoms with Gasteiger partial charge in [-0.05, 0) is 31.2 Å². The van der Waals surface area contributed by atoms with Gasteiger partial charge < -0.3 is 25.4 Å². The topological polar surface area (TPSA) is 99.0 Å². The molecule has 0 bridgehead atoms. The highest BCUT2D eigenvalue weighted by molar-refractivity contribution is 5.94. The lowest BCUT2D eigenvalue weighted by atomic mass is 9.99. The molecule has 0 spiro atoms. The van der Waals surface area contributed by atoms with Crippen molar-refractivity contribution in [2.75, 3.05) is 0 Å². The monoisotopic (exact) mass is 335 g/mol. The molecule has 5 atom stereocenters. The van der Waals surface area contributed by atoms with E-state index < -0.39 is 48.3 Å². The van der Waals surface area contributed by atoms with Crippen molar-refractivity contribution in [3.63, 3.8) is 0 Å². The first-order chi connectivity index (χ1) is 10.6. The van der Waals surface area contributed by atoms with Gasteiger partial charge in [-0.1, -0.05) is 0 Å². The first-order valence-electron chi connectivity index (χ1n) is 6.79. The van der Waals surface area contributed by atoms with Gasteiger partial charge in [-0.3, -0.25) is 4.79 Å². The van der Waals surface area contributed by atoms with Crippen LogP contribution in [-0.4, -0.2) is 51.9 Å². The Balaban J connectivity index is 2.07. The molecular formula is C14H16F3NO5. The normalized spacial score (nSPS) is 31.7. The van der Waals surface area contributed by atoms with E-state index in [0.29, 0.717) is 0 Å². The number of benzene rings is 1. The van der Waals surface area contributed by atoms with E-state index in [0.717, 1.165) is 24.3 Å². The highest BCUT2D eigenvalue weighted by atomic mass is 19.4. The zero-order valence-electron chi connectivity index (χ0n) is 12.0. The summed E-state index contributed by atoms with van der Waals surface area (Å²) in [4.78, 5) is 12.0. The molecule has 1 saturated heterocycles. The molecule has 0 radical (unpaired) electrons.